The van der Waals surface area contributed by atoms with E-state index in [0.717, 1.165) is 50.4 Å². The molecule has 0 amide bonds. The Balaban J connectivity index is 1.25. The second-order valence-corrected chi connectivity index (χ2v) is 17.1. The molecule has 3 nitrogen and oxygen atoms in total. The fourth-order valence-corrected chi connectivity index (χ4v) is 10.1. The number of fused-ring (bicyclic) bond motifs is 10. The zero-order valence-corrected chi connectivity index (χ0v) is 35.2. The summed E-state index contributed by atoms with van der Waals surface area (Å²) in [5, 5.41) is 20.9. The molecule has 0 N–H and O–H groups in total. The Kier molecular flexibility index (Phi) is 9.09. The molecular weight excluding hydrogens is 739 g/mol. The molecule has 0 bridgehead atoms. The predicted molar refractivity (Wildman–Crippen MR) is 249 cm³/mol. The highest BCUT2D eigenvalue weighted by molar-refractivity contribution is 5.97. The van der Waals surface area contributed by atoms with Gasteiger partial charge in [-0.25, -0.2) is 0 Å². The second kappa shape index (κ2) is 14.7. The third-order valence-corrected chi connectivity index (χ3v) is 13.3. The fourth-order valence-electron chi connectivity index (χ4n) is 10.1. The Morgan fingerprint density at radius 3 is 1.18 bits per heavy atom. The van der Waals surface area contributed by atoms with Crippen molar-refractivity contribution in [3.63, 3.8) is 0 Å². The number of rotatable bonds is 7. The normalized spacial score (nSPS) is 13.2. The monoisotopic (exact) mass is 783 g/mol. The summed E-state index contributed by atoms with van der Waals surface area (Å²) < 4.78 is 0. The van der Waals surface area contributed by atoms with Crippen LogP contribution in [0, 0.1) is 50.4 Å². The quantitative estimate of drug-likeness (QED) is 0.162. The van der Waals surface area contributed by atoms with Crippen LogP contribution in [0.2, 0.25) is 0 Å². The first-order chi connectivity index (χ1) is 29.7. The molecule has 8 aromatic rings. The van der Waals surface area contributed by atoms with E-state index in [9.17, 15) is 10.5 Å². The number of aryl methyl sites for hydroxylation is 4. The number of benzene rings is 8. The minimum Gasteiger partial charge on any atom is -0.310 e. The van der Waals surface area contributed by atoms with Crippen molar-refractivity contribution in [3.8, 4) is 34.4 Å². The van der Waals surface area contributed by atoms with Crippen LogP contribution in [0.15, 0.2) is 170 Å². The lowest BCUT2D eigenvalue weighted by Gasteiger charge is -2.33. The van der Waals surface area contributed by atoms with E-state index in [-0.39, 0.29) is 11.8 Å². The van der Waals surface area contributed by atoms with E-state index in [4.69, 9.17) is 0 Å². The Bertz CT molecular complexity index is 2930. The maximum Gasteiger partial charge on any atom is 0.0991 e. The average molecular weight is 784 g/mol. The fraction of sp³-hybridized carbons (Fsp3) is 0.138. The molecule has 0 radical (unpaired) electrons. The number of hydrogen-bond donors (Lipinski definition) is 0. The molecule has 0 saturated heterocycles. The van der Waals surface area contributed by atoms with Gasteiger partial charge in [0.25, 0.3) is 0 Å². The molecule has 1 unspecified atom stereocenters. The lowest BCUT2D eigenvalue weighted by atomic mass is 9.69. The molecule has 1 atom stereocenters. The van der Waals surface area contributed by atoms with E-state index in [1.165, 1.54) is 50.1 Å². The van der Waals surface area contributed by atoms with E-state index >= 15 is 0 Å². The highest BCUT2D eigenvalue weighted by atomic mass is 15.1. The van der Waals surface area contributed by atoms with Crippen LogP contribution in [0.3, 0.4) is 0 Å². The van der Waals surface area contributed by atoms with Crippen LogP contribution in [0.4, 0.5) is 17.1 Å². The SMILES string of the molecule is Cc1ccc(C(c2ccc(C)cc2)C(C)c2ccc3c(c2)C2(c4cc(C#N)ccc4-c4ccc(C#N)cc42)c2cc(N(c4ccc(C)cc4)c4ccc(C)cc4)ccc2-3)cc1. The summed E-state index contributed by atoms with van der Waals surface area (Å²) in [5.74, 6) is 0.225. The Morgan fingerprint density at radius 1 is 0.393 bits per heavy atom. The van der Waals surface area contributed by atoms with Crippen LogP contribution in [0.1, 0.15) is 91.1 Å². The van der Waals surface area contributed by atoms with Crippen molar-refractivity contribution in [2.45, 2.75) is 51.9 Å². The summed E-state index contributed by atoms with van der Waals surface area (Å²) in [6, 6.07) is 66.7. The molecule has 3 heteroatoms. The van der Waals surface area contributed by atoms with Crippen molar-refractivity contribution >= 4 is 17.1 Å². The van der Waals surface area contributed by atoms with Gasteiger partial charge in [-0.15, -0.1) is 0 Å². The van der Waals surface area contributed by atoms with E-state index in [0.29, 0.717) is 11.1 Å². The minimum absolute atomic E-state index is 0.113. The molecule has 0 saturated carbocycles. The van der Waals surface area contributed by atoms with Crippen molar-refractivity contribution in [2.24, 2.45) is 0 Å². The molecule has 1 spiro atoms. The maximum atomic E-state index is 10.4. The van der Waals surface area contributed by atoms with Crippen LogP contribution in [0.25, 0.3) is 22.3 Å². The number of hydrogen-bond acceptors (Lipinski definition) is 3. The van der Waals surface area contributed by atoms with Gasteiger partial charge in [0.2, 0.25) is 0 Å². The Morgan fingerprint density at radius 2 is 0.738 bits per heavy atom. The number of nitriles is 2. The molecule has 10 rings (SSSR count). The van der Waals surface area contributed by atoms with Gasteiger partial charge in [0.15, 0.2) is 0 Å². The van der Waals surface area contributed by atoms with Crippen LogP contribution < -0.4 is 4.90 Å². The molecule has 61 heavy (non-hydrogen) atoms. The van der Waals surface area contributed by atoms with Gasteiger partial charge in [0.05, 0.1) is 28.7 Å². The van der Waals surface area contributed by atoms with Crippen LogP contribution in [-0.2, 0) is 5.41 Å². The highest BCUT2D eigenvalue weighted by Gasteiger charge is 2.52. The molecule has 2 aliphatic carbocycles. The summed E-state index contributed by atoms with van der Waals surface area (Å²) in [7, 11) is 0. The third kappa shape index (κ3) is 6.08. The van der Waals surface area contributed by atoms with Crippen LogP contribution >= 0.6 is 0 Å². The summed E-state index contributed by atoms with van der Waals surface area (Å²) in [6.07, 6.45) is 0. The average Bonchev–Trinajstić information content (AvgIpc) is 3.74. The smallest absolute Gasteiger partial charge is 0.0991 e. The van der Waals surface area contributed by atoms with Crippen LogP contribution in [0.5, 0.6) is 0 Å². The first kappa shape index (κ1) is 37.8. The molecule has 0 heterocycles. The molecule has 0 aliphatic heterocycles. The first-order valence-electron chi connectivity index (χ1n) is 21.1. The minimum atomic E-state index is -0.795. The first-order valence-corrected chi connectivity index (χ1v) is 21.1. The molecule has 0 fully saturated rings. The van der Waals surface area contributed by atoms with E-state index in [1.807, 2.05) is 12.1 Å². The van der Waals surface area contributed by atoms with Gasteiger partial charge in [-0.2, -0.15) is 10.5 Å². The maximum absolute atomic E-state index is 10.4. The van der Waals surface area contributed by atoms with Crippen molar-refractivity contribution < 1.29 is 0 Å². The summed E-state index contributed by atoms with van der Waals surface area (Å²) in [6.45, 7) is 10.9. The van der Waals surface area contributed by atoms with E-state index < -0.39 is 5.41 Å². The highest BCUT2D eigenvalue weighted by Crippen LogP contribution is 2.64. The van der Waals surface area contributed by atoms with E-state index in [1.54, 1.807) is 0 Å². The standard InChI is InChI=1S/C58H45N3/c1-36-6-16-43(17-7-36)57(44-18-8-37(2)9-19-44)40(5)45-20-28-51-52-29-25-48(61(46-21-10-38(3)11-22-46)47-23-12-39(4)13-24-47)33-56(52)58(55(51)32-45)53-30-41(34-59)14-26-49(53)50-27-15-42(35-60)31-54(50)58/h6-33,40,57H,1-5H3. The Labute approximate surface area is 359 Å². The molecule has 2 aliphatic rings. The summed E-state index contributed by atoms with van der Waals surface area (Å²) in [4.78, 5) is 2.34. The lowest BCUT2D eigenvalue weighted by Crippen LogP contribution is -2.27. The van der Waals surface area contributed by atoms with Gasteiger partial charge >= 0.3 is 0 Å². The van der Waals surface area contributed by atoms with Crippen molar-refractivity contribution in [3.05, 3.63) is 242 Å². The van der Waals surface area contributed by atoms with Gasteiger partial charge in [-0.05, 0) is 155 Å². The van der Waals surface area contributed by atoms with Gasteiger partial charge < -0.3 is 4.90 Å². The zero-order chi connectivity index (χ0) is 42.0. The van der Waals surface area contributed by atoms with Gasteiger partial charge in [-0.3, -0.25) is 0 Å². The summed E-state index contributed by atoms with van der Waals surface area (Å²) >= 11 is 0. The molecule has 292 valence electrons. The predicted octanol–water partition coefficient (Wildman–Crippen LogP) is 14.4. The van der Waals surface area contributed by atoms with Crippen molar-refractivity contribution in [2.75, 3.05) is 4.90 Å². The third-order valence-electron chi connectivity index (χ3n) is 13.3. The van der Waals surface area contributed by atoms with Gasteiger partial charge in [0.1, 0.15) is 0 Å². The molecule has 0 aromatic heterocycles. The van der Waals surface area contributed by atoms with Crippen LogP contribution in [-0.4, -0.2) is 0 Å². The lowest BCUT2D eigenvalue weighted by molar-refractivity contribution is 0.654. The van der Waals surface area contributed by atoms with E-state index in [2.05, 4.69) is 209 Å². The molecular formula is C58H45N3. The summed E-state index contributed by atoms with van der Waals surface area (Å²) in [5.41, 5.74) is 21.3. The van der Waals surface area contributed by atoms with Gasteiger partial charge in [-0.1, -0.05) is 138 Å². The van der Waals surface area contributed by atoms with Crippen molar-refractivity contribution in [1.29, 1.82) is 10.5 Å². The number of anilines is 3. The molecule has 8 aromatic carbocycles. The van der Waals surface area contributed by atoms with Crippen molar-refractivity contribution in [1.82, 2.24) is 0 Å². The second-order valence-electron chi connectivity index (χ2n) is 17.1. The zero-order valence-electron chi connectivity index (χ0n) is 35.2. The number of nitrogens with zero attached hydrogens (tertiary/aromatic N) is 3. The largest absolute Gasteiger partial charge is 0.310 e. The van der Waals surface area contributed by atoms with Gasteiger partial charge in [0, 0.05) is 23.0 Å². The topological polar surface area (TPSA) is 50.8 Å². The Hall–Kier alpha value is -7.46.